The van der Waals surface area contributed by atoms with Crippen LogP contribution in [0.4, 0.5) is 4.39 Å². The molecule has 1 aromatic rings. The lowest BCUT2D eigenvalue weighted by Crippen LogP contribution is -1.88. The fourth-order valence-corrected chi connectivity index (χ4v) is 1.48. The normalized spacial score (nSPS) is 11.8. The molecule has 0 aliphatic carbocycles. The third kappa shape index (κ3) is 2.95. The highest BCUT2D eigenvalue weighted by atomic mass is 19.1. The van der Waals surface area contributed by atoms with Gasteiger partial charge in [0, 0.05) is 12.3 Å². The molecule has 0 aromatic carbocycles. The Hall–Kier alpha value is -1.18. The van der Waals surface area contributed by atoms with Crippen LogP contribution < -0.4 is 0 Å². The fraction of sp³-hybridized carbons (Fsp3) is 0.417. The second kappa shape index (κ2) is 5.53. The zero-order chi connectivity index (χ0) is 10.4. The molecule has 1 aromatic heterocycles. The Balaban J connectivity index is 2.93. The van der Waals surface area contributed by atoms with Gasteiger partial charge in [0.2, 0.25) is 5.95 Å². The number of nitrogens with zero attached hydrogens (tertiary/aromatic N) is 1. The first-order chi connectivity index (χ1) is 6.77. The summed E-state index contributed by atoms with van der Waals surface area (Å²) in [6.07, 6.45) is 6.73. The molecule has 0 bridgehead atoms. The average Bonchev–Trinajstić information content (AvgIpc) is 2.17. The number of hydrogen-bond acceptors (Lipinski definition) is 1. The second-order valence-corrected chi connectivity index (χ2v) is 3.25. The lowest BCUT2D eigenvalue weighted by molar-refractivity contribution is 0.583. The van der Waals surface area contributed by atoms with Crippen LogP contribution in [-0.4, -0.2) is 4.98 Å². The molecule has 0 fully saturated rings. The van der Waals surface area contributed by atoms with Crippen LogP contribution in [-0.2, 0) is 0 Å². The van der Waals surface area contributed by atoms with Crippen LogP contribution in [0.5, 0.6) is 0 Å². The van der Waals surface area contributed by atoms with Crippen molar-refractivity contribution in [2.45, 2.75) is 33.1 Å². The van der Waals surface area contributed by atoms with E-state index in [-0.39, 0.29) is 0 Å². The summed E-state index contributed by atoms with van der Waals surface area (Å²) >= 11 is 0. The number of allylic oxidation sites excluding steroid dienone is 2. The molecule has 1 heterocycles. The Morgan fingerprint density at radius 3 is 2.86 bits per heavy atom. The number of rotatable bonds is 4. The predicted octanol–water partition coefficient (Wildman–Crippen LogP) is 3.81. The molecule has 0 atom stereocenters. The lowest BCUT2D eigenvalue weighted by Gasteiger charge is -2.05. The van der Waals surface area contributed by atoms with Gasteiger partial charge in [-0.2, -0.15) is 4.39 Å². The van der Waals surface area contributed by atoms with Crippen molar-refractivity contribution in [3.63, 3.8) is 0 Å². The van der Waals surface area contributed by atoms with E-state index < -0.39 is 5.95 Å². The zero-order valence-electron chi connectivity index (χ0n) is 8.76. The van der Waals surface area contributed by atoms with E-state index >= 15 is 0 Å². The van der Waals surface area contributed by atoms with Gasteiger partial charge in [-0.05, 0) is 30.0 Å². The minimum absolute atomic E-state index is 0.402. The molecule has 0 N–H and O–H groups in total. The average molecular weight is 193 g/mol. The first-order valence-electron chi connectivity index (χ1n) is 5.08. The SMILES string of the molecule is CC/C=C(\CCC)c1ccnc(F)c1. The summed E-state index contributed by atoms with van der Waals surface area (Å²) in [5, 5.41) is 0. The van der Waals surface area contributed by atoms with Gasteiger partial charge >= 0.3 is 0 Å². The summed E-state index contributed by atoms with van der Waals surface area (Å²) < 4.78 is 12.9. The number of halogens is 1. The summed E-state index contributed by atoms with van der Waals surface area (Å²) in [4.78, 5) is 3.55. The van der Waals surface area contributed by atoms with Gasteiger partial charge in [0.25, 0.3) is 0 Å². The zero-order valence-corrected chi connectivity index (χ0v) is 8.76. The Morgan fingerprint density at radius 1 is 1.50 bits per heavy atom. The van der Waals surface area contributed by atoms with Crippen LogP contribution in [0.3, 0.4) is 0 Å². The topological polar surface area (TPSA) is 12.9 Å². The maximum Gasteiger partial charge on any atom is 0.213 e. The predicted molar refractivity (Wildman–Crippen MR) is 57.4 cm³/mol. The van der Waals surface area contributed by atoms with Crippen molar-refractivity contribution in [2.24, 2.45) is 0 Å². The number of pyridine rings is 1. The monoisotopic (exact) mass is 193 g/mol. The van der Waals surface area contributed by atoms with Gasteiger partial charge in [0.05, 0.1) is 0 Å². The van der Waals surface area contributed by atoms with Crippen molar-refractivity contribution in [1.29, 1.82) is 0 Å². The summed E-state index contributed by atoms with van der Waals surface area (Å²) in [6.45, 7) is 4.22. The molecular formula is C12H16FN. The van der Waals surface area contributed by atoms with E-state index in [1.54, 1.807) is 0 Å². The van der Waals surface area contributed by atoms with Crippen LogP contribution in [0.2, 0.25) is 0 Å². The van der Waals surface area contributed by atoms with Crippen molar-refractivity contribution in [3.05, 3.63) is 35.9 Å². The van der Waals surface area contributed by atoms with Gasteiger partial charge in [-0.25, -0.2) is 4.98 Å². The van der Waals surface area contributed by atoms with Gasteiger partial charge < -0.3 is 0 Å². The Kier molecular flexibility index (Phi) is 4.30. The van der Waals surface area contributed by atoms with Gasteiger partial charge in [-0.15, -0.1) is 0 Å². The molecule has 0 spiro atoms. The van der Waals surface area contributed by atoms with Crippen LogP contribution in [0.1, 0.15) is 38.7 Å². The minimum Gasteiger partial charge on any atom is -0.228 e. The summed E-state index contributed by atoms with van der Waals surface area (Å²) in [6, 6.07) is 3.36. The first-order valence-corrected chi connectivity index (χ1v) is 5.08. The smallest absolute Gasteiger partial charge is 0.213 e. The van der Waals surface area contributed by atoms with Crippen LogP contribution in [0.15, 0.2) is 24.4 Å². The lowest BCUT2D eigenvalue weighted by atomic mass is 10.0. The molecule has 0 saturated carbocycles. The number of hydrogen-bond donors (Lipinski definition) is 0. The highest BCUT2D eigenvalue weighted by molar-refractivity contribution is 5.64. The van der Waals surface area contributed by atoms with Crippen LogP contribution in [0.25, 0.3) is 5.57 Å². The molecule has 14 heavy (non-hydrogen) atoms. The van der Waals surface area contributed by atoms with Crippen molar-refractivity contribution < 1.29 is 4.39 Å². The van der Waals surface area contributed by atoms with E-state index in [1.165, 1.54) is 17.8 Å². The molecule has 76 valence electrons. The molecule has 0 aliphatic heterocycles. The van der Waals surface area contributed by atoms with Gasteiger partial charge in [-0.3, -0.25) is 0 Å². The third-order valence-electron chi connectivity index (χ3n) is 2.07. The van der Waals surface area contributed by atoms with E-state index in [0.29, 0.717) is 0 Å². The van der Waals surface area contributed by atoms with E-state index in [1.807, 2.05) is 6.07 Å². The highest BCUT2D eigenvalue weighted by Crippen LogP contribution is 2.20. The Morgan fingerprint density at radius 2 is 2.29 bits per heavy atom. The van der Waals surface area contributed by atoms with Gasteiger partial charge in [0.1, 0.15) is 0 Å². The molecule has 1 rings (SSSR count). The molecule has 2 heteroatoms. The van der Waals surface area contributed by atoms with Crippen molar-refractivity contribution >= 4 is 5.57 Å². The molecule has 0 amide bonds. The summed E-state index contributed by atoms with van der Waals surface area (Å²) in [5.74, 6) is -0.402. The summed E-state index contributed by atoms with van der Waals surface area (Å²) in [5.41, 5.74) is 2.18. The largest absolute Gasteiger partial charge is 0.228 e. The minimum atomic E-state index is -0.402. The van der Waals surface area contributed by atoms with E-state index in [2.05, 4.69) is 24.9 Å². The van der Waals surface area contributed by atoms with Crippen molar-refractivity contribution in [1.82, 2.24) is 4.98 Å². The maximum atomic E-state index is 12.9. The molecule has 0 aliphatic rings. The summed E-state index contributed by atoms with van der Waals surface area (Å²) in [7, 11) is 0. The first kappa shape index (κ1) is 10.9. The molecule has 1 nitrogen and oxygen atoms in total. The van der Waals surface area contributed by atoms with Gasteiger partial charge in [0.15, 0.2) is 0 Å². The fourth-order valence-electron chi connectivity index (χ4n) is 1.48. The molecule has 0 saturated heterocycles. The second-order valence-electron chi connectivity index (χ2n) is 3.25. The van der Waals surface area contributed by atoms with Gasteiger partial charge in [-0.1, -0.05) is 26.3 Å². The quantitative estimate of drug-likeness (QED) is 0.662. The Bertz CT molecular complexity index is 318. The maximum absolute atomic E-state index is 12.9. The Labute approximate surface area is 84.7 Å². The standard InChI is InChI=1S/C12H16FN/c1-3-5-10(6-4-2)11-7-8-14-12(13)9-11/h5,7-9H,3-4,6H2,1-2H3/b10-5+. The van der Waals surface area contributed by atoms with Crippen molar-refractivity contribution in [2.75, 3.05) is 0 Å². The molecular weight excluding hydrogens is 177 g/mol. The van der Waals surface area contributed by atoms with Crippen molar-refractivity contribution in [3.8, 4) is 0 Å². The van der Waals surface area contributed by atoms with Crippen LogP contribution in [0, 0.1) is 5.95 Å². The number of aromatic nitrogens is 1. The van der Waals surface area contributed by atoms with E-state index in [9.17, 15) is 4.39 Å². The highest BCUT2D eigenvalue weighted by Gasteiger charge is 2.01. The van der Waals surface area contributed by atoms with E-state index in [0.717, 1.165) is 24.8 Å². The molecule has 0 radical (unpaired) electrons. The third-order valence-corrected chi connectivity index (χ3v) is 2.07. The molecule has 0 unspecified atom stereocenters. The van der Waals surface area contributed by atoms with E-state index in [4.69, 9.17) is 0 Å². The van der Waals surface area contributed by atoms with Crippen LogP contribution >= 0.6 is 0 Å².